The van der Waals surface area contributed by atoms with Crippen LogP contribution in [0.5, 0.6) is 0 Å². The van der Waals surface area contributed by atoms with Gasteiger partial charge < -0.3 is 15.5 Å². The van der Waals surface area contributed by atoms with Gasteiger partial charge in [-0.15, -0.1) is 0 Å². The highest BCUT2D eigenvalue weighted by Gasteiger charge is 2.25. The van der Waals surface area contributed by atoms with Gasteiger partial charge in [0.05, 0.1) is 0 Å². The number of benzene rings is 1. The molecule has 5 heteroatoms. The summed E-state index contributed by atoms with van der Waals surface area (Å²) in [5, 5.41) is 7.14. The number of guanidine groups is 1. The summed E-state index contributed by atoms with van der Waals surface area (Å²) in [6, 6.07) is 11.8. The second-order valence-corrected chi connectivity index (χ2v) is 6.79. The van der Waals surface area contributed by atoms with Crippen molar-refractivity contribution in [1.82, 2.24) is 15.5 Å². The van der Waals surface area contributed by atoms with Crippen molar-refractivity contribution in [2.45, 2.75) is 38.3 Å². The molecule has 1 aromatic rings. The van der Waals surface area contributed by atoms with Gasteiger partial charge in [0.25, 0.3) is 0 Å². The summed E-state index contributed by atoms with van der Waals surface area (Å²) >= 11 is 0. The smallest absolute Gasteiger partial charge is 0.191 e. The van der Waals surface area contributed by atoms with Crippen molar-refractivity contribution in [2.24, 2.45) is 4.99 Å². The maximum absolute atomic E-state index is 4.42. The van der Waals surface area contributed by atoms with E-state index >= 15 is 0 Å². The summed E-state index contributed by atoms with van der Waals surface area (Å²) in [5.41, 5.74) is 1.31. The molecule has 0 spiro atoms. The van der Waals surface area contributed by atoms with E-state index in [1.807, 2.05) is 7.05 Å². The van der Waals surface area contributed by atoms with Crippen LogP contribution in [0.2, 0.25) is 0 Å². The van der Waals surface area contributed by atoms with E-state index in [0.717, 1.165) is 38.6 Å². The van der Waals surface area contributed by atoms with E-state index in [2.05, 4.69) is 62.7 Å². The van der Waals surface area contributed by atoms with Crippen molar-refractivity contribution in [3.05, 3.63) is 30.3 Å². The van der Waals surface area contributed by atoms with E-state index in [-0.39, 0.29) is 0 Å². The molecule has 0 amide bonds. The topological polar surface area (TPSA) is 42.9 Å². The van der Waals surface area contributed by atoms with Crippen LogP contribution in [0, 0.1) is 0 Å². The fourth-order valence-electron chi connectivity index (χ4n) is 3.90. The molecule has 2 N–H and O–H groups in total. The molecule has 132 valence electrons. The largest absolute Gasteiger partial charge is 0.369 e. The molecule has 2 unspecified atom stereocenters. The first kappa shape index (κ1) is 17.1. The molecule has 0 radical (unpaired) electrons. The van der Waals surface area contributed by atoms with E-state index in [4.69, 9.17) is 0 Å². The number of aliphatic imine (C=N–C) groups is 1. The normalized spacial score (nSPS) is 25.2. The summed E-state index contributed by atoms with van der Waals surface area (Å²) in [5.74, 6) is 0.942. The Morgan fingerprint density at radius 1 is 1.21 bits per heavy atom. The Morgan fingerprint density at radius 3 is 2.79 bits per heavy atom. The number of para-hydroxylation sites is 1. The molecule has 2 fully saturated rings. The van der Waals surface area contributed by atoms with Gasteiger partial charge in [0, 0.05) is 44.5 Å². The van der Waals surface area contributed by atoms with Crippen molar-refractivity contribution < 1.29 is 0 Å². The number of anilines is 1. The van der Waals surface area contributed by atoms with Crippen LogP contribution in [-0.4, -0.2) is 62.7 Å². The molecule has 2 aliphatic rings. The van der Waals surface area contributed by atoms with Gasteiger partial charge in [-0.1, -0.05) is 25.1 Å². The molecule has 5 nitrogen and oxygen atoms in total. The average molecular weight is 329 g/mol. The molecule has 1 aromatic carbocycles. The van der Waals surface area contributed by atoms with Crippen LogP contribution < -0.4 is 15.5 Å². The Hall–Kier alpha value is -1.75. The Bertz CT molecular complexity index is 530. The van der Waals surface area contributed by atoms with Crippen molar-refractivity contribution in [3.8, 4) is 0 Å². The lowest BCUT2D eigenvalue weighted by Crippen LogP contribution is -2.48. The van der Waals surface area contributed by atoms with Gasteiger partial charge in [0.15, 0.2) is 5.96 Å². The molecule has 0 bridgehead atoms. The molecule has 24 heavy (non-hydrogen) atoms. The zero-order chi connectivity index (χ0) is 16.8. The predicted octanol–water partition coefficient (Wildman–Crippen LogP) is 1.91. The summed E-state index contributed by atoms with van der Waals surface area (Å²) < 4.78 is 0. The first-order valence-corrected chi connectivity index (χ1v) is 9.31. The lowest BCUT2D eigenvalue weighted by molar-refractivity contribution is 0.267. The minimum absolute atomic E-state index is 0.460. The van der Waals surface area contributed by atoms with Gasteiger partial charge in [0.2, 0.25) is 0 Å². The minimum atomic E-state index is 0.460. The van der Waals surface area contributed by atoms with Gasteiger partial charge in [-0.3, -0.25) is 9.89 Å². The average Bonchev–Trinajstić information content (AvgIpc) is 3.28. The number of hydrogen-bond donors (Lipinski definition) is 2. The lowest BCUT2D eigenvalue weighted by atomic mass is 10.2. The first-order valence-electron chi connectivity index (χ1n) is 9.31. The zero-order valence-corrected chi connectivity index (χ0v) is 15.0. The highest BCUT2D eigenvalue weighted by molar-refractivity contribution is 5.80. The van der Waals surface area contributed by atoms with E-state index in [0.29, 0.717) is 12.1 Å². The maximum atomic E-state index is 4.42. The van der Waals surface area contributed by atoms with Crippen LogP contribution in [-0.2, 0) is 0 Å². The maximum Gasteiger partial charge on any atom is 0.191 e. The minimum Gasteiger partial charge on any atom is -0.369 e. The number of hydrogen-bond acceptors (Lipinski definition) is 3. The van der Waals surface area contributed by atoms with Crippen LogP contribution >= 0.6 is 0 Å². The lowest BCUT2D eigenvalue weighted by Gasteiger charge is -2.25. The van der Waals surface area contributed by atoms with Crippen molar-refractivity contribution in [3.63, 3.8) is 0 Å². The second kappa shape index (κ2) is 8.38. The standard InChI is InChI=1S/C19H31N5/c1-3-23-12-7-10-18(23)14-21-19(20-2)22-16-11-13-24(15-16)17-8-5-4-6-9-17/h4-6,8-9,16,18H,3,7,10-15H2,1-2H3,(H2,20,21,22). The van der Waals surface area contributed by atoms with Crippen LogP contribution in [0.3, 0.4) is 0 Å². The molecular formula is C19H31N5. The van der Waals surface area contributed by atoms with E-state index in [1.54, 1.807) is 0 Å². The monoisotopic (exact) mass is 329 g/mol. The second-order valence-electron chi connectivity index (χ2n) is 6.79. The molecule has 2 saturated heterocycles. The Morgan fingerprint density at radius 2 is 2.04 bits per heavy atom. The molecule has 2 aliphatic heterocycles. The van der Waals surface area contributed by atoms with Crippen LogP contribution in [0.4, 0.5) is 5.69 Å². The van der Waals surface area contributed by atoms with Gasteiger partial charge in [-0.25, -0.2) is 0 Å². The molecule has 0 saturated carbocycles. The Kier molecular flexibility index (Phi) is 5.96. The summed E-state index contributed by atoms with van der Waals surface area (Å²) in [7, 11) is 1.87. The first-order chi connectivity index (χ1) is 11.8. The molecule has 2 heterocycles. The third-order valence-electron chi connectivity index (χ3n) is 5.28. The highest BCUT2D eigenvalue weighted by atomic mass is 15.3. The van der Waals surface area contributed by atoms with Crippen molar-refractivity contribution in [1.29, 1.82) is 0 Å². The Balaban J connectivity index is 1.46. The fraction of sp³-hybridized carbons (Fsp3) is 0.632. The van der Waals surface area contributed by atoms with Crippen LogP contribution in [0.15, 0.2) is 35.3 Å². The van der Waals surface area contributed by atoms with Gasteiger partial charge in [0.1, 0.15) is 0 Å². The van der Waals surface area contributed by atoms with E-state index in [9.17, 15) is 0 Å². The number of likely N-dealkylation sites (N-methyl/N-ethyl adjacent to an activating group) is 1. The molecule has 0 aliphatic carbocycles. The predicted molar refractivity (Wildman–Crippen MR) is 102 cm³/mol. The van der Waals surface area contributed by atoms with E-state index in [1.165, 1.54) is 25.1 Å². The number of likely N-dealkylation sites (tertiary alicyclic amines) is 1. The number of nitrogens with one attached hydrogen (secondary N) is 2. The molecule has 0 aromatic heterocycles. The number of rotatable bonds is 5. The number of nitrogens with zero attached hydrogens (tertiary/aromatic N) is 3. The third kappa shape index (κ3) is 4.20. The van der Waals surface area contributed by atoms with Gasteiger partial charge in [-0.2, -0.15) is 0 Å². The summed E-state index contributed by atoms with van der Waals surface area (Å²) in [6.45, 7) is 7.77. The molecule has 3 rings (SSSR count). The summed E-state index contributed by atoms with van der Waals surface area (Å²) in [4.78, 5) is 9.43. The fourth-order valence-corrected chi connectivity index (χ4v) is 3.90. The quantitative estimate of drug-likeness (QED) is 0.640. The SMILES string of the molecule is CCN1CCCC1CNC(=NC)NC1CCN(c2ccccc2)C1. The molecular weight excluding hydrogens is 298 g/mol. The van der Waals surface area contributed by atoms with Gasteiger partial charge >= 0.3 is 0 Å². The van der Waals surface area contributed by atoms with Crippen LogP contribution in [0.1, 0.15) is 26.2 Å². The molecule has 2 atom stereocenters. The van der Waals surface area contributed by atoms with Crippen molar-refractivity contribution >= 4 is 11.6 Å². The van der Waals surface area contributed by atoms with Gasteiger partial charge in [-0.05, 0) is 44.5 Å². The summed E-state index contributed by atoms with van der Waals surface area (Å²) in [6.07, 6.45) is 3.77. The highest BCUT2D eigenvalue weighted by Crippen LogP contribution is 2.19. The van der Waals surface area contributed by atoms with Crippen molar-refractivity contribution in [2.75, 3.05) is 44.7 Å². The van der Waals surface area contributed by atoms with E-state index < -0.39 is 0 Å². The zero-order valence-electron chi connectivity index (χ0n) is 15.0. The third-order valence-corrected chi connectivity index (χ3v) is 5.28. The Labute approximate surface area is 146 Å². The van der Waals surface area contributed by atoms with Crippen LogP contribution in [0.25, 0.3) is 0 Å².